The summed E-state index contributed by atoms with van der Waals surface area (Å²) in [7, 11) is 0. The van der Waals surface area contributed by atoms with E-state index in [4.69, 9.17) is 22.4 Å². The Bertz CT molecular complexity index is 1430. The smallest absolute Gasteiger partial charge is 0.256 e. The summed E-state index contributed by atoms with van der Waals surface area (Å²) < 4.78 is 1.93. The van der Waals surface area contributed by atoms with Gasteiger partial charge in [0, 0.05) is 41.8 Å². The number of pyridine rings is 2. The van der Waals surface area contributed by atoms with E-state index in [1.807, 2.05) is 10.9 Å². The van der Waals surface area contributed by atoms with Crippen molar-refractivity contribution < 1.29 is 4.79 Å². The summed E-state index contributed by atoms with van der Waals surface area (Å²) in [6.07, 6.45) is 8.86. The van der Waals surface area contributed by atoms with Gasteiger partial charge in [-0.05, 0) is 37.1 Å². The highest BCUT2D eigenvalue weighted by atomic mass is 35.5. The molecule has 1 aliphatic rings. The average Bonchev–Trinajstić information content (AvgIpc) is 3.27. The molecule has 8 nitrogen and oxygen atoms in total. The molecule has 0 bridgehead atoms. The van der Waals surface area contributed by atoms with Gasteiger partial charge >= 0.3 is 0 Å². The first kappa shape index (κ1) is 21.8. The third-order valence-electron chi connectivity index (χ3n) is 5.77. The molecule has 0 saturated carbocycles. The van der Waals surface area contributed by atoms with Gasteiger partial charge in [-0.15, -0.1) is 0 Å². The third-order valence-corrected chi connectivity index (χ3v) is 6.09. The average molecular weight is 472 g/mol. The number of fused-ring (bicyclic) bond motifs is 1. The number of amides is 1. The first-order valence-corrected chi connectivity index (χ1v) is 11.3. The predicted molar refractivity (Wildman–Crippen MR) is 136 cm³/mol. The molecule has 170 valence electrons. The first-order valence-electron chi connectivity index (χ1n) is 10.9. The summed E-state index contributed by atoms with van der Waals surface area (Å²) in [6, 6.07) is 10.4. The van der Waals surface area contributed by atoms with Gasteiger partial charge < -0.3 is 11.1 Å². The van der Waals surface area contributed by atoms with Gasteiger partial charge in [0.2, 0.25) is 0 Å². The van der Waals surface area contributed by atoms with Gasteiger partial charge in [-0.3, -0.25) is 14.5 Å². The minimum atomic E-state index is -0.309. The molecule has 3 N–H and O–H groups in total. The minimum Gasteiger partial charge on any atom is -0.383 e. The van der Waals surface area contributed by atoms with Crippen molar-refractivity contribution in [3.63, 3.8) is 0 Å². The number of nitrogens with one attached hydrogen (secondary N) is 1. The number of carbonyl (C=O) groups excluding carboxylic acids is 1. The largest absolute Gasteiger partial charge is 0.383 e. The monoisotopic (exact) mass is 471 g/mol. The van der Waals surface area contributed by atoms with Crippen LogP contribution in [0.4, 0.5) is 11.6 Å². The fourth-order valence-corrected chi connectivity index (χ4v) is 4.39. The van der Waals surface area contributed by atoms with Crippen LogP contribution in [0.5, 0.6) is 0 Å². The molecule has 1 amide bonds. The molecule has 4 aromatic rings. The Hall–Kier alpha value is -4.04. The number of aliphatic imine (C=N–C) groups is 1. The molecule has 0 saturated heterocycles. The molecule has 1 atom stereocenters. The number of aromatic nitrogens is 4. The molecule has 0 spiro atoms. The second kappa shape index (κ2) is 9.07. The van der Waals surface area contributed by atoms with Crippen molar-refractivity contribution in [1.82, 2.24) is 19.7 Å². The molecule has 9 heteroatoms. The molecule has 0 aliphatic carbocycles. The fraction of sp³-hybridized carbons (Fsp3) is 0.160. The van der Waals surface area contributed by atoms with Crippen LogP contribution in [0.2, 0.25) is 5.02 Å². The number of hydrogen-bond acceptors (Lipinski definition) is 6. The number of rotatable bonds is 5. The number of halogens is 1. The van der Waals surface area contributed by atoms with Crippen LogP contribution >= 0.6 is 11.6 Å². The van der Waals surface area contributed by atoms with Crippen LogP contribution in [0.3, 0.4) is 0 Å². The lowest BCUT2D eigenvalue weighted by atomic mass is 10.0. The Labute approximate surface area is 201 Å². The Morgan fingerprint density at radius 1 is 1.26 bits per heavy atom. The summed E-state index contributed by atoms with van der Waals surface area (Å²) in [6.45, 7) is 4.74. The van der Waals surface area contributed by atoms with Crippen LogP contribution in [0, 0.1) is 0 Å². The van der Waals surface area contributed by atoms with Crippen LogP contribution in [-0.4, -0.2) is 38.4 Å². The van der Waals surface area contributed by atoms with Crippen molar-refractivity contribution in [3.8, 4) is 11.3 Å². The second-order valence-corrected chi connectivity index (χ2v) is 8.36. The highest BCUT2D eigenvalue weighted by Gasteiger charge is 2.24. The van der Waals surface area contributed by atoms with E-state index < -0.39 is 0 Å². The van der Waals surface area contributed by atoms with E-state index >= 15 is 0 Å². The Kier molecular flexibility index (Phi) is 5.81. The number of hydrogen-bond donors (Lipinski definition) is 2. The van der Waals surface area contributed by atoms with Gasteiger partial charge in [0.15, 0.2) is 0 Å². The maximum Gasteiger partial charge on any atom is 0.256 e. The lowest BCUT2D eigenvalue weighted by Crippen LogP contribution is -2.16. The number of anilines is 2. The van der Waals surface area contributed by atoms with Crippen LogP contribution in [-0.2, 0) is 0 Å². The zero-order chi connectivity index (χ0) is 23.7. The number of carbonyl (C=O) groups is 1. The topological polar surface area (TPSA) is 111 Å². The SMILES string of the molecule is C=Cc1cnc(N)c2c(-c3ccc(C(=O)Nc4ccccn4)cc3Cl)nn([C@H]3C=NCCC3)c12. The van der Waals surface area contributed by atoms with Crippen LogP contribution in [0.1, 0.15) is 34.8 Å². The number of nitrogens with two attached hydrogens (primary N) is 1. The van der Waals surface area contributed by atoms with Gasteiger partial charge in [0.05, 0.1) is 22.0 Å². The van der Waals surface area contributed by atoms with Crippen LogP contribution in [0.25, 0.3) is 28.2 Å². The van der Waals surface area contributed by atoms with Gasteiger partial charge in [-0.25, -0.2) is 9.97 Å². The summed E-state index contributed by atoms with van der Waals surface area (Å²) in [5.41, 5.74) is 9.65. The maximum atomic E-state index is 12.7. The van der Waals surface area contributed by atoms with Gasteiger partial charge in [0.25, 0.3) is 5.91 Å². The molecule has 3 aromatic heterocycles. The van der Waals surface area contributed by atoms with Crippen molar-refractivity contribution in [3.05, 3.63) is 71.5 Å². The van der Waals surface area contributed by atoms with Crippen molar-refractivity contribution in [1.29, 1.82) is 0 Å². The molecule has 1 aliphatic heterocycles. The zero-order valence-corrected chi connectivity index (χ0v) is 19.0. The van der Waals surface area contributed by atoms with Gasteiger partial charge in [-0.1, -0.05) is 36.4 Å². The Balaban J connectivity index is 1.60. The van der Waals surface area contributed by atoms with Crippen molar-refractivity contribution in [2.24, 2.45) is 4.99 Å². The zero-order valence-electron chi connectivity index (χ0n) is 18.3. The van der Waals surface area contributed by atoms with Gasteiger partial charge in [0.1, 0.15) is 17.3 Å². The normalized spacial score (nSPS) is 15.4. The van der Waals surface area contributed by atoms with Crippen LogP contribution < -0.4 is 11.1 Å². The highest BCUT2D eigenvalue weighted by molar-refractivity contribution is 6.34. The van der Waals surface area contributed by atoms with E-state index in [-0.39, 0.29) is 11.9 Å². The quantitative estimate of drug-likeness (QED) is 0.424. The van der Waals surface area contributed by atoms with E-state index in [0.717, 1.165) is 30.5 Å². The molecular formula is C25H22ClN7O. The van der Waals surface area contributed by atoms with Gasteiger partial charge in [-0.2, -0.15) is 5.10 Å². The van der Waals surface area contributed by atoms with E-state index in [1.54, 1.807) is 54.9 Å². The van der Waals surface area contributed by atoms with Crippen molar-refractivity contribution in [2.75, 3.05) is 17.6 Å². The molecular weight excluding hydrogens is 450 g/mol. The highest BCUT2D eigenvalue weighted by Crippen LogP contribution is 2.38. The molecule has 0 unspecified atom stereocenters. The molecule has 5 rings (SSSR count). The van der Waals surface area contributed by atoms with E-state index in [9.17, 15) is 4.79 Å². The lowest BCUT2D eigenvalue weighted by Gasteiger charge is -2.18. The predicted octanol–water partition coefficient (Wildman–Crippen LogP) is 5.03. The standard InChI is InChI=1S/C25H22ClN7O/c1-2-15-13-30-24(27)21-22(32-33(23(15)21)17-6-5-10-28-14-17)18-9-8-16(12-19(18)26)25(34)31-20-7-3-4-11-29-20/h2-4,7-9,11-14,17H,1,5-6,10H2,(H2,27,30)(H,29,31,34)/t17-/m1/s1. The van der Waals surface area contributed by atoms with Crippen LogP contribution in [0.15, 0.2) is 60.4 Å². The summed E-state index contributed by atoms with van der Waals surface area (Å²) in [4.78, 5) is 25.6. The fourth-order valence-electron chi connectivity index (χ4n) is 4.12. The Morgan fingerprint density at radius 3 is 2.85 bits per heavy atom. The lowest BCUT2D eigenvalue weighted by molar-refractivity contribution is 0.102. The summed E-state index contributed by atoms with van der Waals surface area (Å²) in [5.74, 6) is 0.501. The number of benzene rings is 1. The van der Waals surface area contributed by atoms with Crippen molar-refractivity contribution in [2.45, 2.75) is 18.9 Å². The molecule has 4 heterocycles. The maximum absolute atomic E-state index is 12.7. The third kappa shape index (κ3) is 3.92. The van der Waals surface area contributed by atoms with E-state index in [0.29, 0.717) is 38.9 Å². The first-order chi connectivity index (χ1) is 16.6. The molecule has 0 radical (unpaired) electrons. The second-order valence-electron chi connectivity index (χ2n) is 7.95. The number of nitrogens with zero attached hydrogens (tertiary/aromatic N) is 5. The minimum absolute atomic E-state index is 0.00676. The van der Waals surface area contributed by atoms with Crippen molar-refractivity contribution >= 4 is 52.3 Å². The molecule has 1 aromatic carbocycles. The van der Waals surface area contributed by atoms with E-state index in [2.05, 4.69) is 26.9 Å². The molecule has 34 heavy (non-hydrogen) atoms. The summed E-state index contributed by atoms with van der Waals surface area (Å²) >= 11 is 6.68. The van der Waals surface area contributed by atoms with E-state index in [1.165, 1.54) is 0 Å². The summed E-state index contributed by atoms with van der Waals surface area (Å²) in [5, 5.41) is 8.75. The number of nitrogen functional groups attached to an aromatic ring is 1. The Morgan fingerprint density at radius 2 is 2.15 bits per heavy atom. The molecule has 0 fully saturated rings.